The number of carbonyl (C=O) groups is 3. The van der Waals surface area contributed by atoms with Gasteiger partial charge in [0.1, 0.15) is 12.2 Å². The molecule has 2 unspecified atom stereocenters. The summed E-state index contributed by atoms with van der Waals surface area (Å²) in [5.74, 6) is -1.49. The van der Waals surface area contributed by atoms with E-state index in [2.05, 4.69) is 0 Å². The standard InChI is InChI=1S/C27H31Cl2NO6/c1-16(2)14-30-21-11-10-17(28)12-19(21)24(18-8-6-7-9-20(18)29)36-22(25(30)32)13-23(31)34-15-35-26(33)27(3,4)5/h6-12,16,22,24H,13-15H2,1-5H3. The maximum Gasteiger partial charge on any atom is 0.314 e. The molecule has 1 aliphatic rings. The molecule has 0 N–H and O–H groups in total. The van der Waals surface area contributed by atoms with E-state index in [1.807, 2.05) is 26.0 Å². The minimum Gasteiger partial charge on any atom is -0.428 e. The van der Waals surface area contributed by atoms with Crippen molar-refractivity contribution in [3.8, 4) is 0 Å². The highest BCUT2D eigenvalue weighted by atomic mass is 35.5. The molecule has 1 aliphatic heterocycles. The summed E-state index contributed by atoms with van der Waals surface area (Å²) >= 11 is 12.9. The van der Waals surface area contributed by atoms with Gasteiger partial charge in [-0.1, -0.05) is 55.2 Å². The van der Waals surface area contributed by atoms with Crippen LogP contribution in [0.15, 0.2) is 42.5 Å². The van der Waals surface area contributed by atoms with Crippen LogP contribution in [0.3, 0.4) is 0 Å². The molecule has 2 aromatic carbocycles. The SMILES string of the molecule is CC(C)CN1C(=O)C(CC(=O)OCOC(=O)C(C)(C)C)OC(c2ccccc2Cl)c2cc(Cl)ccc21. The minimum absolute atomic E-state index is 0.138. The largest absolute Gasteiger partial charge is 0.428 e. The van der Waals surface area contributed by atoms with E-state index in [9.17, 15) is 14.4 Å². The summed E-state index contributed by atoms with van der Waals surface area (Å²) < 4.78 is 16.4. The van der Waals surface area contributed by atoms with Crippen LogP contribution in [-0.2, 0) is 28.6 Å². The van der Waals surface area contributed by atoms with Gasteiger partial charge >= 0.3 is 11.9 Å². The van der Waals surface area contributed by atoms with E-state index >= 15 is 0 Å². The van der Waals surface area contributed by atoms with Crippen LogP contribution in [0.4, 0.5) is 5.69 Å². The molecule has 0 aliphatic carbocycles. The third-order valence-electron chi connectivity index (χ3n) is 5.51. The van der Waals surface area contributed by atoms with Crippen molar-refractivity contribution in [2.45, 2.75) is 53.2 Å². The Hall–Kier alpha value is -2.61. The number of anilines is 1. The second-order valence-corrected chi connectivity index (χ2v) is 10.9. The first-order chi connectivity index (χ1) is 16.9. The zero-order chi connectivity index (χ0) is 26.6. The third-order valence-corrected chi connectivity index (χ3v) is 6.09. The van der Waals surface area contributed by atoms with E-state index in [1.54, 1.807) is 56.0 Å². The molecule has 0 spiro atoms. The molecule has 3 rings (SSSR count). The van der Waals surface area contributed by atoms with Gasteiger partial charge in [0.2, 0.25) is 6.79 Å². The highest BCUT2D eigenvalue weighted by Crippen LogP contribution is 2.42. The number of benzene rings is 2. The summed E-state index contributed by atoms with van der Waals surface area (Å²) in [6, 6.07) is 12.4. The lowest BCUT2D eigenvalue weighted by Crippen LogP contribution is -2.42. The summed E-state index contributed by atoms with van der Waals surface area (Å²) in [4.78, 5) is 39.9. The van der Waals surface area contributed by atoms with Crippen molar-refractivity contribution in [2.75, 3.05) is 18.2 Å². The van der Waals surface area contributed by atoms with Crippen molar-refractivity contribution in [1.82, 2.24) is 0 Å². The molecule has 194 valence electrons. The van der Waals surface area contributed by atoms with Crippen LogP contribution in [0, 0.1) is 11.3 Å². The number of esters is 2. The number of ether oxygens (including phenoxy) is 3. The van der Waals surface area contributed by atoms with Crippen molar-refractivity contribution in [3.63, 3.8) is 0 Å². The maximum absolute atomic E-state index is 13.7. The van der Waals surface area contributed by atoms with Gasteiger partial charge in [-0.15, -0.1) is 0 Å². The van der Waals surface area contributed by atoms with E-state index in [0.717, 1.165) is 0 Å². The molecule has 0 saturated heterocycles. The summed E-state index contributed by atoms with van der Waals surface area (Å²) in [6.45, 7) is 8.92. The van der Waals surface area contributed by atoms with Crippen LogP contribution < -0.4 is 4.90 Å². The Bertz CT molecular complexity index is 1130. The molecule has 2 aromatic rings. The Morgan fingerprint density at radius 2 is 1.75 bits per heavy atom. The van der Waals surface area contributed by atoms with Crippen molar-refractivity contribution in [1.29, 1.82) is 0 Å². The van der Waals surface area contributed by atoms with Crippen molar-refractivity contribution in [2.24, 2.45) is 11.3 Å². The Morgan fingerprint density at radius 3 is 2.39 bits per heavy atom. The second kappa shape index (κ2) is 11.6. The molecule has 36 heavy (non-hydrogen) atoms. The fourth-order valence-electron chi connectivity index (χ4n) is 3.76. The monoisotopic (exact) mass is 535 g/mol. The number of rotatable bonds is 7. The molecule has 0 aromatic heterocycles. The fourth-order valence-corrected chi connectivity index (χ4v) is 4.18. The van der Waals surface area contributed by atoms with Gasteiger partial charge in [-0.25, -0.2) is 0 Å². The first kappa shape index (κ1) is 28.0. The van der Waals surface area contributed by atoms with Crippen LogP contribution in [0.25, 0.3) is 0 Å². The van der Waals surface area contributed by atoms with Gasteiger partial charge in [0.15, 0.2) is 0 Å². The number of hydrogen-bond acceptors (Lipinski definition) is 6. The number of nitrogens with zero attached hydrogens (tertiary/aromatic N) is 1. The lowest BCUT2D eigenvalue weighted by Gasteiger charge is -2.26. The summed E-state index contributed by atoms with van der Waals surface area (Å²) in [5.41, 5.74) is 1.20. The third kappa shape index (κ3) is 6.78. The maximum atomic E-state index is 13.7. The van der Waals surface area contributed by atoms with Crippen LogP contribution in [0.1, 0.15) is 58.3 Å². The Labute approximate surface area is 221 Å². The molecule has 0 saturated carbocycles. The first-order valence-electron chi connectivity index (χ1n) is 11.7. The van der Waals surface area contributed by atoms with Crippen molar-refractivity contribution < 1.29 is 28.6 Å². The van der Waals surface area contributed by atoms with Gasteiger partial charge < -0.3 is 19.1 Å². The Kier molecular flexibility index (Phi) is 9.03. The molecule has 9 heteroatoms. The van der Waals surface area contributed by atoms with Crippen LogP contribution in [0.5, 0.6) is 0 Å². The predicted octanol–water partition coefficient (Wildman–Crippen LogP) is 5.95. The number of fused-ring (bicyclic) bond motifs is 1. The van der Waals surface area contributed by atoms with E-state index in [-0.39, 0.29) is 18.2 Å². The molecule has 1 amide bonds. The quantitative estimate of drug-likeness (QED) is 0.321. The number of carbonyl (C=O) groups excluding carboxylic acids is 3. The molecule has 2 atom stereocenters. The van der Waals surface area contributed by atoms with Gasteiger partial charge in [0, 0.05) is 33.4 Å². The highest BCUT2D eigenvalue weighted by Gasteiger charge is 2.39. The average molecular weight is 536 g/mol. The van der Waals surface area contributed by atoms with Gasteiger partial charge in [-0.05, 0) is 51.0 Å². The molecule has 7 nitrogen and oxygen atoms in total. The van der Waals surface area contributed by atoms with Crippen molar-refractivity contribution >= 4 is 46.7 Å². The van der Waals surface area contributed by atoms with Crippen LogP contribution in [0.2, 0.25) is 10.0 Å². The number of hydrogen-bond donors (Lipinski definition) is 0. The highest BCUT2D eigenvalue weighted by molar-refractivity contribution is 6.31. The molecule has 0 bridgehead atoms. The zero-order valence-corrected chi connectivity index (χ0v) is 22.6. The van der Waals surface area contributed by atoms with E-state index < -0.39 is 36.4 Å². The molecular weight excluding hydrogens is 505 g/mol. The van der Waals surface area contributed by atoms with Crippen LogP contribution in [-0.4, -0.2) is 37.3 Å². The Balaban J connectivity index is 1.93. The molecular formula is C27H31Cl2NO6. The molecule has 0 fully saturated rings. The zero-order valence-electron chi connectivity index (χ0n) is 21.0. The summed E-state index contributed by atoms with van der Waals surface area (Å²) in [5, 5.41) is 0.929. The van der Waals surface area contributed by atoms with E-state index in [4.69, 9.17) is 37.4 Å². The topological polar surface area (TPSA) is 82.1 Å². The summed E-state index contributed by atoms with van der Waals surface area (Å²) in [7, 11) is 0. The van der Waals surface area contributed by atoms with Gasteiger partial charge in [-0.2, -0.15) is 0 Å². The number of halogens is 2. The predicted molar refractivity (Wildman–Crippen MR) is 138 cm³/mol. The Morgan fingerprint density at radius 1 is 1.06 bits per heavy atom. The van der Waals surface area contributed by atoms with E-state index in [1.165, 1.54) is 0 Å². The smallest absolute Gasteiger partial charge is 0.314 e. The van der Waals surface area contributed by atoms with Crippen LogP contribution >= 0.6 is 23.2 Å². The van der Waals surface area contributed by atoms with Crippen molar-refractivity contribution in [3.05, 3.63) is 63.6 Å². The number of amides is 1. The molecule has 0 radical (unpaired) electrons. The average Bonchev–Trinajstić information content (AvgIpc) is 2.89. The van der Waals surface area contributed by atoms with Gasteiger partial charge in [0.25, 0.3) is 5.91 Å². The first-order valence-corrected chi connectivity index (χ1v) is 12.5. The van der Waals surface area contributed by atoms with E-state index in [0.29, 0.717) is 33.4 Å². The summed E-state index contributed by atoms with van der Waals surface area (Å²) in [6.07, 6.45) is -2.30. The molecule has 1 heterocycles. The minimum atomic E-state index is -1.16. The lowest BCUT2D eigenvalue weighted by atomic mass is 9.98. The fraction of sp³-hybridized carbons (Fsp3) is 0.444. The second-order valence-electron chi connectivity index (χ2n) is 10.1. The van der Waals surface area contributed by atoms with Gasteiger partial charge in [0.05, 0.1) is 11.8 Å². The lowest BCUT2D eigenvalue weighted by molar-refractivity contribution is -0.175. The van der Waals surface area contributed by atoms with Gasteiger partial charge in [-0.3, -0.25) is 14.4 Å². The normalized spacial score (nSPS) is 18.0.